The quantitative estimate of drug-likeness (QED) is 0.529. The Morgan fingerprint density at radius 3 is 2.61 bits per heavy atom. The Balaban J connectivity index is 1.47. The molecule has 4 rings (SSSR count). The summed E-state index contributed by atoms with van der Waals surface area (Å²) < 4.78 is 1.63. The van der Waals surface area contributed by atoms with Crippen molar-refractivity contribution < 1.29 is 14.7 Å². The number of amides is 1. The third-order valence-corrected chi connectivity index (χ3v) is 5.73. The van der Waals surface area contributed by atoms with Gasteiger partial charge in [-0.05, 0) is 31.3 Å². The van der Waals surface area contributed by atoms with Gasteiger partial charge in [0.05, 0.1) is 10.9 Å². The molecule has 11 nitrogen and oxygen atoms in total. The van der Waals surface area contributed by atoms with E-state index < -0.39 is 11.4 Å². The molecular weight excluding hydrogens is 446 g/mol. The van der Waals surface area contributed by atoms with Crippen molar-refractivity contribution in [2.24, 2.45) is 0 Å². The number of nitrogens with one attached hydrogen (secondary N) is 1. The van der Waals surface area contributed by atoms with E-state index in [1.165, 1.54) is 18.6 Å². The first-order chi connectivity index (χ1) is 15.9. The van der Waals surface area contributed by atoms with Crippen LogP contribution in [-0.4, -0.2) is 72.7 Å². The van der Waals surface area contributed by atoms with Crippen molar-refractivity contribution in [1.29, 1.82) is 0 Å². The summed E-state index contributed by atoms with van der Waals surface area (Å²) in [7, 11) is 0. The van der Waals surface area contributed by atoms with Crippen LogP contribution in [0.25, 0.3) is 11.0 Å². The zero-order valence-corrected chi connectivity index (χ0v) is 18.6. The Morgan fingerprint density at radius 1 is 1.21 bits per heavy atom. The number of nitrogens with zero attached hydrogens (tertiary/aromatic N) is 6. The monoisotopic (exact) mass is 467 g/mol. The lowest BCUT2D eigenvalue weighted by atomic mass is 10.2. The molecule has 0 aromatic carbocycles. The smallest absolute Gasteiger partial charge is 0.341 e. The molecule has 3 aromatic heterocycles. The second-order valence-electron chi connectivity index (χ2n) is 7.35. The number of piperazine rings is 1. The van der Waals surface area contributed by atoms with E-state index in [1.54, 1.807) is 22.9 Å². The molecular formula is C21H21N7O4S. The molecule has 1 amide bonds. The summed E-state index contributed by atoms with van der Waals surface area (Å²) in [6.07, 6.45) is 5.76. The number of thiocarbonyl (C=S) groups is 1. The van der Waals surface area contributed by atoms with Gasteiger partial charge in [-0.1, -0.05) is 0 Å². The van der Waals surface area contributed by atoms with Crippen LogP contribution in [0.15, 0.2) is 41.7 Å². The van der Waals surface area contributed by atoms with Crippen molar-refractivity contribution in [2.75, 3.05) is 31.1 Å². The molecule has 33 heavy (non-hydrogen) atoms. The van der Waals surface area contributed by atoms with Crippen molar-refractivity contribution >= 4 is 46.2 Å². The van der Waals surface area contributed by atoms with Crippen LogP contribution in [0.2, 0.25) is 0 Å². The Labute approximate surface area is 193 Å². The number of aromatic nitrogens is 4. The van der Waals surface area contributed by atoms with Crippen molar-refractivity contribution in [3.8, 4) is 0 Å². The van der Waals surface area contributed by atoms with Crippen molar-refractivity contribution in [3.63, 3.8) is 0 Å². The summed E-state index contributed by atoms with van der Waals surface area (Å²) in [6, 6.07) is 3.34. The van der Waals surface area contributed by atoms with Gasteiger partial charge in [-0.25, -0.2) is 9.78 Å². The first-order valence-corrected chi connectivity index (χ1v) is 10.7. The number of hydrogen-bond donors (Lipinski definition) is 2. The highest BCUT2D eigenvalue weighted by Gasteiger charge is 2.23. The number of rotatable bonds is 4. The highest BCUT2D eigenvalue weighted by molar-refractivity contribution is 7.80. The predicted molar refractivity (Wildman–Crippen MR) is 125 cm³/mol. The van der Waals surface area contributed by atoms with Gasteiger partial charge in [-0.2, -0.15) is 4.98 Å². The second-order valence-corrected chi connectivity index (χ2v) is 7.73. The number of fused-ring (bicyclic) bond motifs is 1. The molecule has 170 valence electrons. The lowest BCUT2D eigenvalue weighted by Crippen LogP contribution is -2.53. The zero-order valence-electron chi connectivity index (χ0n) is 17.8. The Morgan fingerprint density at radius 2 is 1.97 bits per heavy atom. The van der Waals surface area contributed by atoms with Crippen LogP contribution in [0.4, 0.5) is 5.95 Å². The number of carbonyl (C=O) groups is 2. The topological polar surface area (TPSA) is 134 Å². The van der Waals surface area contributed by atoms with Crippen molar-refractivity contribution in [1.82, 2.24) is 29.7 Å². The van der Waals surface area contributed by atoms with Crippen LogP contribution in [0.5, 0.6) is 0 Å². The minimum absolute atomic E-state index is 0.165. The van der Waals surface area contributed by atoms with Crippen molar-refractivity contribution in [3.05, 3.63) is 58.3 Å². The van der Waals surface area contributed by atoms with Gasteiger partial charge in [0.15, 0.2) is 5.11 Å². The zero-order chi connectivity index (χ0) is 23.5. The molecule has 1 aliphatic rings. The molecule has 12 heteroatoms. The fourth-order valence-corrected chi connectivity index (χ4v) is 3.84. The minimum Gasteiger partial charge on any atom is -0.477 e. The Bertz CT molecular complexity index is 1290. The number of aryl methyl sites for hydroxylation is 1. The standard InChI is InChI=1S/C21H21N7O4S/c1-2-26-12-15(19(31)32)16(29)14-11-23-20(24-17(14)26)27-6-8-28(9-7-27)21(33)25-18(30)13-4-3-5-22-10-13/h3-5,10-12H,2,6-9H2,1H3,(H,31,32)(H,25,30,33). The molecule has 4 heterocycles. The van der Waals surface area contributed by atoms with Crippen LogP contribution < -0.4 is 15.6 Å². The average molecular weight is 468 g/mol. The van der Waals surface area contributed by atoms with E-state index in [1.807, 2.05) is 16.7 Å². The van der Waals surface area contributed by atoms with Gasteiger partial charge in [0, 0.05) is 57.5 Å². The van der Waals surface area contributed by atoms with Gasteiger partial charge in [-0.15, -0.1) is 0 Å². The van der Waals surface area contributed by atoms with Crippen LogP contribution in [0, 0.1) is 0 Å². The lowest BCUT2D eigenvalue weighted by Gasteiger charge is -2.36. The number of carbonyl (C=O) groups excluding carboxylic acids is 1. The molecule has 0 aliphatic carbocycles. The molecule has 1 aliphatic heterocycles. The number of pyridine rings is 2. The summed E-state index contributed by atoms with van der Waals surface area (Å²) in [6.45, 7) is 4.50. The van der Waals surface area contributed by atoms with Crippen LogP contribution in [0.3, 0.4) is 0 Å². The molecule has 0 radical (unpaired) electrons. The lowest BCUT2D eigenvalue weighted by molar-refractivity contribution is 0.0694. The Hall–Kier alpha value is -3.93. The fourth-order valence-electron chi connectivity index (χ4n) is 3.56. The second kappa shape index (κ2) is 9.28. The van der Waals surface area contributed by atoms with E-state index in [0.717, 1.165) is 0 Å². The van der Waals surface area contributed by atoms with Crippen LogP contribution in [-0.2, 0) is 6.54 Å². The fraction of sp³-hybridized carbons (Fsp3) is 0.286. The molecule has 0 spiro atoms. The van der Waals surface area contributed by atoms with Crippen molar-refractivity contribution in [2.45, 2.75) is 13.5 Å². The number of carboxylic acids is 1. The molecule has 3 aromatic rings. The maximum absolute atomic E-state index is 12.5. The first kappa shape index (κ1) is 22.3. The van der Waals surface area contributed by atoms with E-state index >= 15 is 0 Å². The molecule has 1 fully saturated rings. The van der Waals surface area contributed by atoms with Gasteiger partial charge < -0.3 is 19.5 Å². The molecule has 0 unspecified atom stereocenters. The summed E-state index contributed by atoms with van der Waals surface area (Å²) in [4.78, 5) is 52.8. The summed E-state index contributed by atoms with van der Waals surface area (Å²) in [5, 5.41) is 12.5. The van der Waals surface area contributed by atoms with Gasteiger partial charge in [0.1, 0.15) is 11.2 Å². The molecule has 0 bridgehead atoms. The van der Waals surface area contributed by atoms with E-state index in [0.29, 0.717) is 55.0 Å². The highest BCUT2D eigenvalue weighted by atomic mass is 32.1. The molecule has 1 saturated heterocycles. The van der Waals surface area contributed by atoms with Gasteiger partial charge >= 0.3 is 5.97 Å². The SMILES string of the molecule is CCn1cc(C(=O)O)c(=O)c2cnc(N3CCN(C(=S)NC(=O)c4cccnc4)CC3)nc21. The maximum Gasteiger partial charge on any atom is 0.341 e. The largest absolute Gasteiger partial charge is 0.477 e. The van der Waals surface area contributed by atoms with E-state index in [9.17, 15) is 19.5 Å². The molecule has 0 atom stereocenters. The highest BCUT2D eigenvalue weighted by Crippen LogP contribution is 2.16. The third-order valence-electron chi connectivity index (χ3n) is 5.37. The summed E-state index contributed by atoms with van der Waals surface area (Å²) >= 11 is 5.39. The molecule has 2 N–H and O–H groups in total. The number of aromatic carboxylic acids is 1. The third kappa shape index (κ3) is 4.51. The van der Waals surface area contributed by atoms with E-state index in [2.05, 4.69) is 20.3 Å². The normalized spacial score (nSPS) is 13.7. The summed E-state index contributed by atoms with van der Waals surface area (Å²) in [5.74, 6) is -1.15. The number of carboxylic acid groups (broad SMARTS) is 1. The van der Waals surface area contributed by atoms with Crippen LogP contribution in [0.1, 0.15) is 27.6 Å². The van der Waals surface area contributed by atoms with Gasteiger partial charge in [0.25, 0.3) is 5.91 Å². The average Bonchev–Trinajstić information content (AvgIpc) is 2.84. The summed E-state index contributed by atoms with van der Waals surface area (Å²) in [5.41, 5.74) is -0.0975. The first-order valence-electron chi connectivity index (χ1n) is 10.3. The Kier molecular flexibility index (Phi) is 6.27. The molecule has 0 saturated carbocycles. The number of hydrogen-bond acceptors (Lipinski definition) is 8. The predicted octanol–water partition coefficient (Wildman–Crippen LogP) is 0.741. The van der Waals surface area contributed by atoms with Gasteiger partial charge in [-0.3, -0.25) is 19.9 Å². The van der Waals surface area contributed by atoms with Crippen LogP contribution >= 0.6 is 12.2 Å². The number of anilines is 1. The maximum atomic E-state index is 12.5. The van der Waals surface area contributed by atoms with Gasteiger partial charge in [0.2, 0.25) is 11.4 Å². The van der Waals surface area contributed by atoms with E-state index in [4.69, 9.17) is 12.2 Å². The van der Waals surface area contributed by atoms with E-state index in [-0.39, 0.29) is 16.9 Å². The minimum atomic E-state index is -1.28.